The molecule has 0 bridgehead atoms. The van der Waals surface area contributed by atoms with Crippen LogP contribution in [0.4, 0.5) is 5.69 Å². The van der Waals surface area contributed by atoms with Gasteiger partial charge in [-0.1, -0.05) is 41.7 Å². The Hall–Kier alpha value is -3.91. The lowest BCUT2D eigenvalue weighted by Gasteiger charge is -2.25. The van der Waals surface area contributed by atoms with Crippen LogP contribution in [0.25, 0.3) is 17.0 Å². The van der Waals surface area contributed by atoms with E-state index in [0.29, 0.717) is 20.6 Å². The second-order valence-electron chi connectivity index (χ2n) is 8.58. The van der Waals surface area contributed by atoms with Crippen molar-refractivity contribution in [3.8, 4) is 0 Å². The Kier molecular flexibility index (Phi) is 5.90. The fourth-order valence-corrected chi connectivity index (χ4v) is 5.45. The molecule has 4 aromatic rings. The lowest BCUT2D eigenvalue weighted by atomic mass is 9.95. The fourth-order valence-electron chi connectivity index (χ4n) is 4.42. The number of anilines is 1. The second kappa shape index (κ2) is 9.03. The lowest BCUT2D eigenvalue weighted by Crippen LogP contribution is -2.39. The van der Waals surface area contributed by atoms with E-state index in [1.54, 1.807) is 18.4 Å². The Labute approximate surface area is 206 Å². The Bertz CT molecular complexity index is 1640. The SMILES string of the molecule is CCOC(=O)C1=C(C)N=c2sc(=Cc3c[nH]c4ccccc34)c(=O)n2[C@@H]1c1ccc(N(C)C)cc1. The molecule has 1 aliphatic heterocycles. The molecule has 0 amide bonds. The number of thiazole rings is 1. The van der Waals surface area contributed by atoms with Gasteiger partial charge in [-0.25, -0.2) is 9.79 Å². The van der Waals surface area contributed by atoms with Gasteiger partial charge in [0.2, 0.25) is 0 Å². The van der Waals surface area contributed by atoms with E-state index >= 15 is 0 Å². The number of aromatic nitrogens is 2. The number of benzene rings is 2. The number of esters is 1. The van der Waals surface area contributed by atoms with Crippen LogP contribution >= 0.6 is 11.3 Å². The predicted octanol–water partition coefficient (Wildman–Crippen LogP) is 3.35. The maximum atomic E-state index is 13.8. The Morgan fingerprint density at radius 1 is 1.20 bits per heavy atom. The minimum absolute atomic E-state index is 0.185. The average Bonchev–Trinajstić information content (AvgIpc) is 3.39. The topological polar surface area (TPSA) is 79.7 Å². The zero-order valence-corrected chi connectivity index (χ0v) is 20.8. The zero-order valence-electron chi connectivity index (χ0n) is 20.0. The van der Waals surface area contributed by atoms with Crippen LogP contribution in [-0.2, 0) is 9.53 Å². The molecule has 8 heteroatoms. The fraction of sp³-hybridized carbons (Fsp3) is 0.222. The van der Waals surface area contributed by atoms with Crippen LogP contribution in [0, 0.1) is 0 Å². The molecule has 0 fully saturated rings. The Balaban J connectivity index is 1.72. The van der Waals surface area contributed by atoms with Crippen molar-refractivity contribution in [3.63, 3.8) is 0 Å². The molecule has 0 aliphatic carbocycles. The minimum Gasteiger partial charge on any atom is -0.463 e. The lowest BCUT2D eigenvalue weighted by molar-refractivity contribution is -0.139. The van der Waals surface area contributed by atoms with Crippen molar-refractivity contribution in [2.24, 2.45) is 4.99 Å². The Morgan fingerprint density at radius 3 is 2.66 bits per heavy atom. The molecule has 1 aliphatic rings. The maximum Gasteiger partial charge on any atom is 0.338 e. The van der Waals surface area contributed by atoms with Crippen molar-refractivity contribution in [1.82, 2.24) is 9.55 Å². The minimum atomic E-state index is -0.619. The molecular formula is C27H26N4O3S. The first kappa shape index (κ1) is 22.9. The van der Waals surface area contributed by atoms with Crippen LogP contribution in [0.3, 0.4) is 0 Å². The highest BCUT2D eigenvalue weighted by Crippen LogP contribution is 2.31. The predicted molar refractivity (Wildman–Crippen MR) is 139 cm³/mol. The number of H-pyrrole nitrogens is 1. The normalized spacial score (nSPS) is 15.8. The van der Waals surface area contributed by atoms with Gasteiger partial charge in [0.1, 0.15) is 0 Å². The molecule has 1 atom stereocenters. The molecule has 2 aromatic heterocycles. The third kappa shape index (κ3) is 4.00. The molecule has 2 aromatic carbocycles. The third-order valence-corrected chi connectivity index (χ3v) is 7.13. The second-order valence-corrected chi connectivity index (χ2v) is 9.59. The summed E-state index contributed by atoms with van der Waals surface area (Å²) in [5.74, 6) is -0.457. The van der Waals surface area contributed by atoms with Crippen molar-refractivity contribution in [1.29, 1.82) is 0 Å². The van der Waals surface area contributed by atoms with Gasteiger partial charge >= 0.3 is 5.97 Å². The number of hydrogen-bond acceptors (Lipinski definition) is 6. The monoisotopic (exact) mass is 486 g/mol. The summed E-state index contributed by atoms with van der Waals surface area (Å²) < 4.78 is 7.55. The van der Waals surface area contributed by atoms with E-state index in [1.807, 2.05) is 79.8 Å². The largest absolute Gasteiger partial charge is 0.463 e. The summed E-state index contributed by atoms with van der Waals surface area (Å²) in [5.41, 5.74) is 4.55. The quantitative estimate of drug-likeness (QED) is 0.439. The van der Waals surface area contributed by atoms with Crippen LogP contribution in [0.2, 0.25) is 0 Å². The van der Waals surface area contributed by atoms with Crippen molar-refractivity contribution in [2.75, 3.05) is 25.6 Å². The van der Waals surface area contributed by atoms with Crippen molar-refractivity contribution in [3.05, 3.63) is 96.8 Å². The summed E-state index contributed by atoms with van der Waals surface area (Å²) in [6, 6.07) is 15.2. The molecule has 0 saturated carbocycles. The number of hydrogen-bond donors (Lipinski definition) is 1. The summed E-state index contributed by atoms with van der Waals surface area (Å²) in [7, 11) is 3.94. The van der Waals surface area contributed by atoms with Gasteiger partial charge < -0.3 is 14.6 Å². The molecule has 0 unspecified atom stereocenters. The molecule has 0 spiro atoms. The first-order chi connectivity index (χ1) is 16.9. The number of carbonyl (C=O) groups is 1. The molecule has 3 heterocycles. The van der Waals surface area contributed by atoms with Crippen LogP contribution in [0.1, 0.15) is 31.0 Å². The maximum absolute atomic E-state index is 13.8. The van der Waals surface area contributed by atoms with E-state index < -0.39 is 12.0 Å². The number of fused-ring (bicyclic) bond motifs is 2. The first-order valence-corrected chi connectivity index (χ1v) is 12.2. The molecule has 7 nitrogen and oxygen atoms in total. The van der Waals surface area contributed by atoms with E-state index in [1.165, 1.54) is 11.3 Å². The number of rotatable bonds is 5. The van der Waals surface area contributed by atoms with Gasteiger partial charge in [-0.3, -0.25) is 9.36 Å². The van der Waals surface area contributed by atoms with Crippen molar-refractivity contribution in [2.45, 2.75) is 19.9 Å². The van der Waals surface area contributed by atoms with Crippen molar-refractivity contribution >= 4 is 40.0 Å². The number of para-hydroxylation sites is 1. The van der Waals surface area contributed by atoms with E-state index in [2.05, 4.69) is 9.98 Å². The van der Waals surface area contributed by atoms with E-state index in [4.69, 9.17) is 4.74 Å². The van der Waals surface area contributed by atoms with Crippen LogP contribution in [-0.4, -0.2) is 36.2 Å². The van der Waals surface area contributed by atoms with Gasteiger partial charge in [0, 0.05) is 42.4 Å². The van der Waals surface area contributed by atoms with Gasteiger partial charge in [0.15, 0.2) is 4.80 Å². The summed E-state index contributed by atoms with van der Waals surface area (Å²) in [4.78, 5) is 37.2. The van der Waals surface area contributed by atoms with Crippen LogP contribution < -0.4 is 19.8 Å². The number of nitrogens with zero attached hydrogens (tertiary/aromatic N) is 3. The van der Waals surface area contributed by atoms with Gasteiger partial charge in [0.25, 0.3) is 5.56 Å². The summed E-state index contributed by atoms with van der Waals surface area (Å²) >= 11 is 1.33. The van der Waals surface area contributed by atoms with E-state index in [-0.39, 0.29) is 12.2 Å². The number of ether oxygens (including phenoxy) is 1. The van der Waals surface area contributed by atoms with E-state index in [9.17, 15) is 9.59 Å². The standard InChI is InChI=1S/C27H26N4O3S/c1-5-34-26(33)23-16(2)29-27-31(24(23)17-10-12-19(13-11-17)30(3)4)25(32)22(35-27)14-18-15-28-21-9-7-6-8-20(18)21/h6-15,24,28H,5H2,1-4H3/t24-/m1/s1. The van der Waals surface area contributed by atoms with Crippen LogP contribution in [0.15, 0.2) is 75.8 Å². The summed E-state index contributed by atoms with van der Waals surface area (Å²) in [6.45, 7) is 3.81. The highest BCUT2D eigenvalue weighted by Gasteiger charge is 2.33. The molecule has 5 rings (SSSR count). The number of aromatic amines is 1. The first-order valence-electron chi connectivity index (χ1n) is 11.4. The molecule has 178 valence electrons. The number of carbonyl (C=O) groups excluding carboxylic acids is 1. The summed E-state index contributed by atoms with van der Waals surface area (Å²) in [6.07, 6.45) is 3.79. The molecule has 1 N–H and O–H groups in total. The van der Waals surface area contributed by atoms with Gasteiger partial charge in [0.05, 0.1) is 28.5 Å². The van der Waals surface area contributed by atoms with Crippen LogP contribution in [0.5, 0.6) is 0 Å². The molecule has 0 saturated heterocycles. The van der Waals surface area contributed by atoms with Gasteiger partial charge in [-0.15, -0.1) is 0 Å². The zero-order chi connectivity index (χ0) is 24.7. The number of allylic oxidation sites excluding steroid dienone is 1. The Morgan fingerprint density at radius 2 is 1.94 bits per heavy atom. The summed E-state index contributed by atoms with van der Waals surface area (Å²) in [5, 5.41) is 1.04. The smallest absolute Gasteiger partial charge is 0.338 e. The highest BCUT2D eigenvalue weighted by atomic mass is 32.1. The molecule has 35 heavy (non-hydrogen) atoms. The molecule has 0 radical (unpaired) electrons. The van der Waals surface area contributed by atoms with Gasteiger partial charge in [-0.05, 0) is 43.7 Å². The average molecular weight is 487 g/mol. The van der Waals surface area contributed by atoms with E-state index in [0.717, 1.165) is 27.7 Å². The third-order valence-electron chi connectivity index (χ3n) is 6.15. The molecular weight excluding hydrogens is 460 g/mol. The number of nitrogens with one attached hydrogen (secondary N) is 1. The van der Waals surface area contributed by atoms with Crippen molar-refractivity contribution < 1.29 is 9.53 Å². The van der Waals surface area contributed by atoms with Gasteiger partial charge in [-0.2, -0.15) is 0 Å². The highest BCUT2D eigenvalue weighted by molar-refractivity contribution is 7.07.